The van der Waals surface area contributed by atoms with E-state index in [2.05, 4.69) is 22.8 Å². The summed E-state index contributed by atoms with van der Waals surface area (Å²) in [6.07, 6.45) is 2.04. The van der Waals surface area contributed by atoms with E-state index in [9.17, 15) is 24.6 Å². The average Bonchev–Trinajstić information content (AvgIpc) is 3.17. The summed E-state index contributed by atoms with van der Waals surface area (Å²) in [4.78, 5) is 37.6. The second-order valence-electron chi connectivity index (χ2n) is 9.94. The molecule has 0 bridgehead atoms. The molecule has 2 aromatic rings. The van der Waals surface area contributed by atoms with Gasteiger partial charge in [-0.2, -0.15) is 0 Å². The summed E-state index contributed by atoms with van der Waals surface area (Å²) < 4.78 is 5.66. The van der Waals surface area contributed by atoms with Gasteiger partial charge in [0.1, 0.15) is 6.61 Å². The molecule has 1 fully saturated rings. The predicted molar refractivity (Wildman–Crippen MR) is 130 cm³/mol. The fraction of sp³-hybridized carbons (Fsp3) is 0.444. The van der Waals surface area contributed by atoms with Crippen LogP contribution >= 0.6 is 0 Å². The highest BCUT2D eigenvalue weighted by atomic mass is 16.5. The number of amides is 2. The van der Waals surface area contributed by atoms with Crippen LogP contribution in [0.1, 0.15) is 56.6 Å². The van der Waals surface area contributed by atoms with Gasteiger partial charge in [0.2, 0.25) is 5.91 Å². The van der Waals surface area contributed by atoms with Gasteiger partial charge in [-0.1, -0.05) is 61.4 Å². The average molecular weight is 481 g/mol. The van der Waals surface area contributed by atoms with E-state index >= 15 is 0 Å². The third-order valence-corrected chi connectivity index (χ3v) is 7.54. The summed E-state index contributed by atoms with van der Waals surface area (Å²) in [5, 5.41) is 24.3. The minimum absolute atomic E-state index is 0.0741. The molecule has 0 saturated heterocycles. The molecule has 35 heavy (non-hydrogen) atoms. The lowest BCUT2D eigenvalue weighted by atomic mass is 9.70. The van der Waals surface area contributed by atoms with Crippen molar-refractivity contribution < 1.29 is 29.3 Å². The first kappa shape index (κ1) is 24.7. The van der Waals surface area contributed by atoms with Gasteiger partial charge in [-0.05, 0) is 48.9 Å². The quantitative estimate of drug-likeness (QED) is 0.481. The second-order valence-corrected chi connectivity index (χ2v) is 9.94. The minimum atomic E-state index is -1.80. The number of hydrogen-bond donors (Lipinski definition) is 4. The van der Waals surface area contributed by atoms with Crippen LogP contribution < -0.4 is 10.6 Å². The van der Waals surface area contributed by atoms with Crippen LogP contribution in [0.4, 0.5) is 4.79 Å². The zero-order chi connectivity index (χ0) is 25.2. The van der Waals surface area contributed by atoms with Crippen molar-refractivity contribution >= 4 is 18.0 Å². The van der Waals surface area contributed by atoms with Gasteiger partial charge in [-0.25, -0.2) is 9.59 Å². The van der Waals surface area contributed by atoms with Crippen LogP contribution in [-0.4, -0.2) is 53.0 Å². The highest BCUT2D eigenvalue weighted by Crippen LogP contribution is 2.44. The number of carboxylic acids is 1. The molecule has 0 heterocycles. The van der Waals surface area contributed by atoms with Gasteiger partial charge in [0.05, 0.1) is 12.0 Å². The highest BCUT2D eigenvalue weighted by Gasteiger charge is 2.47. The van der Waals surface area contributed by atoms with Crippen LogP contribution in [0.5, 0.6) is 0 Å². The molecule has 2 aliphatic rings. The smallest absolute Gasteiger partial charge is 0.407 e. The Morgan fingerprint density at radius 3 is 2.23 bits per heavy atom. The first-order chi connectivity index (χ1) is 16.7. The SMILES string of the molecule is CC(CO)(NC(=O)C1(C)CCCCC1NC(=O)OCC1c2ccccc2-c2ccccc21)C(=O)O. The van der Waals surface area contributed by atoms with Gasteiger partial charge in [0.15, 0.2) is 5.54 Å². The van der Waals surface area contributed by atoms with Crippen LogP contribution in [0, 0.1) is 5.41 Å². The summed E-state index contributed by atoms with van der Waals surface area (Å²) in [5.41, 5.74) is 1.67. The Labute approximate surface area is 204 Å². The largest absolute Gasteiger partial charge is 0.479 e. The number of nitrogens with one attached hydrogen (secondary N) is 2. The van der Waals surface area contributed by atoms with E-state index in [0.29, 0.717) is 12.8 Å². The van der Waals surface area contributed by atoms with E-state index in [1.54, 1.807) is 6.92 Å². The molecule has 0 aliphatic heterocycles. The van der Waals surface area contributed by atoms with Gasteiger partial charge in [0.25, 0.3) is 0 Å². The summed E-state index contributed by atoms with van der Waals surface area (Å²) in [7, 11) is 0. The standard InChI is InChI=1S/C27H32N2O6/c1-26(23(31)29-27(2,16-30)24(32)33)14-8-7-13-22(26)28-25(34)35-15-21-19-11-5-3-9-17(19)18-10-4-6-12-20(18)21/h3-6,9-12,21-22,30H,7-8,13-16H2,1-2H3,(H,28,34)(H,29,31)(H,32,33). The van der Waals surface area contributed by atoms with Crippen molar-refractivity contribution in [2.75, 3.05) is 13.2 Å². The number of fused-ring (bicyclic) bond motifs is 3. The van der Waals surface area contributed by atoms with E-state index in [4.69, 9.17) is 4.74 Å². The number of alkyl carbamates (subject to hydrolysis) is 1. The third kappa shape index (κ3) is 4.62. The van der Waals surface area contributed by atoms with E-state index < -0.39 is 41.6 Å². The molecule has 3 atom stereocenters. The molecule has 1 saturated carbocycles. The second kappa shape index (κ2) is 9.70. The zero-order valence-electron chi connectivity index (χ0n) is 20.0. The van der Waals surface area contributed by atoms with Crippen molar-refractivity contribution in [3.63, 3.8) is 0 Å². The predicted octanol–water partition coefficient (Wildman–Crippen LogP) is 3.43. The number of carbonyl (C=O) groups excluding carboxylic acids is 2. The Bertz CT molecular complexity index is 1090. The van der Waals surface area contributed by atoms with E-state index in [-0.39, 0.29) is 12.5 Å². The molecule has 2 amide bonds. The molecule has 2 aromatic carbocycles. The topological polar surface area (TPSA) is 125 Å². The van der Waals surface area contributed by atoms with Crippen LogP contribution in [0.15, 0.2) is 48.5 Å². The molecule has 0 radical (unpaired) electrons. The van der Waals surface area contributed by atoms with Gasteiger partial charge < -0.3 is 25.6 Å². The highest BCUT2D eigenvalue weighted by molar-refractivity contribution is 5.90. The summed E-state index contributed by atoms with van der Waals surface area (Å²) in [6.45, 7) is 2.40. The van der Waals surface area contributed by atoms with Gasteiger partial charge in [-0.15, -0.1) is 0 Å². The summed E-state index contributed by atoms with van der Waals surface area (Å²) in [6, 6.07) is 15.6. The van der Waals surface area contributed by atoms with Crippen molar-refractivity contribution in [1.29, 1.82) is 0 Å². The lowest BCUT2D eigenvalue weighted by Gasteiger charge is -2.41. The maximum Gasteiger partial charge on any atom is 0.407 e. The maximum absolute atomic E-state index is 13.2. The Kier molecular flexibility index (Phi) is 6.85. The van der Waals surface area contributed by atoms with Crippen molar-refractivity contribution in [1.82, 2.24) is 10.6 Å². The zero-order valence-corrected chi connectivity index (χ0v) is 20.0. The fourth-order valence-corrected chi connectivity index (χ4v) is 5.17. The van der Waals surface area contributed by atoms with Crippen LogP contribution in [0.25, 0.3) is 11.1 Å². The van der Waals surface area contributed by atoms with Crippen molar-refractivity contribution in [3.8, 4) is 11.1 Å². The van der Waals surface area contributed by atoms with Crippen molar-refractivity contribution in [2.24, 2.45) is 5.41 Å². The molecule has 4 N–H and O–H groups in total. The first-order valence-electron chi connectivity index (χ1n) is 12.0. The maximum atomic E-state index is 13.2. The van der Waals surface area contributed by atoms with Crippen LogP contribution in [0.3, 0.4) is 0 Å². The number of carboxylic acid groups (broad SMARTS) is 1. The monoisotopic (exact) mass is 480 g/mol. The number of ether oxygens (including phenoxy) is 1. The van der Waals surface area contributed by atoms with E-state index in [0.717, 1.165) is 35.1 Å². The number of aliphatic carboxylic acids is 1. The molecular formula is C27H32N2O6. The van der Waals surface area contributed by atoms with Crippen LogP contribution in [-0.2, 0) is 14.3 Å². The molecular weight excluding hydrogens is 448 g/mol. The molecule has 3 unspecified atom stereocenters. The number of carbonyl (C=O) groups is 3. The molecule has 0 spiro atoms. The van der Waals surface area contributed by atoms with E-state index in [1.807, 2.05) is 36.4 Å². The van der Waals surface area contributed by atoms with Gasteiger partial charge in [0, 0.05) is 12.0 Å². The Balaban J connectivity index is 1.44. The Morgan fingerprint density at radius 2 is 1.66 bits per heavy atom. The van der Waals surface area contributed by atoms with E-state index in [1.165, 1.54) is 6.92 Å². The van der Waals surface area contributed by atoms with Crippen molar-refractivity contribution in [2.45, 2.75) is 57.0 Å². The summed E-state index contributed by atoms with van der Waals surface area (Å²) in [5.74, 6) is -1.91. The Morgan fingerprint density at radius 1 is 1.06 bits per heavy atom. The lowest BCUT2D eigenvalue weighted by molar-refractivity contribution is -0.151. The van der Waals surface area contributed by atoms with Crippen molar-refractivity contribution in [3.05, 3.63) is 59.7 Å². The minimum Gasteiger partial charge on any atom is -0.479 e. The molecule has 0 aromatic heterocycles. The van der Waals surface area contributed by atoms with Gasteiger partial charge >= 0.3 is 12.1 Å². The number of aliphatic hydroxyl groups excluding tert-OH is 1. The number of rotatable bonds is 7. The summed E-state index contributed by atoms with van der Waals surface area (Å²) >= 11 is 0. The lowest BCUT2D eigenvalue weighted by Crippen LogP contribution is -2.62. The molecule has 2 aliphatic carbocycles. The number of hydrogen-bond acceptors (Lipinski definition) is 5. The number of benzene rings is 2. The normalized spacial score (nSPS) is 22.9. The first-order valence-corrected chi connectivity index (χ1v) is 12.0. The van der Waals surface area contributed by atoms with Gasteiger partial charge in [-0.3, -0.25) is 4.79 Å². The molecule has 4 rings (SSSR count). The number of aliphatic hydroxyl groups is 1. The van der Waals surface area contributed by atoms with Crippen LogP contribution in [0.2, 0.25) is 0 Å². The molecule has 8 heteroatoms. The molecule has 8 nitrogen and oxygen atoms in total. The third-order valence-electron chi connectivity index (χ3n) is 7.54. The fourth-order valence-electron chi connectivity index (χ4n) is 5.17. The molecule has 186 valence electrons. The Hall–Kier alpha value is -3.39.